The first-order valence-corrected chi connectivity index (χ1v) is 10.7. The molecule has 0 bridgehead atoms. The Kier molecular flexibility index (Phi) is 5.23. The fourth-order valence-corrected chi connectivity index (χ4v) is 5.00. The Balaban J connectivity index is 1.70. The fraction of sp³-hybridized carbons (Fsp3) is 0.250. The van der Waals surface area contributed by atoms with E-state index < -0.39 is 0 Å². The van der Waals surface area contributed by atoms with Gasteiger partial charge in [0.05, 0.1) is 12.7 Å². The Labute approximate surface area is 171 Å². The van der Waals surface area contributed by atoms with Crippen molar-refractivity contribution in [3.63, 3.8) is 0 Å². The summed E-state index contributed by atoms with van der Waals surface area (Å²) in [5.74, 6) is 1.06. The molecule has 0 radical (unpaired) electrons. The molecule has 8 heteroatoms. The average molecular weight is 413 g/mol. The monoisotopic (exact) mass is 412 g/mol. The van der Waals surface area contributed by atoms with Crippen molar-refractivity contribution >= 4 is 35.0 Å². The number of aryl methyl sites for hydroxylation is 1. The van der Waals surface area contributed by atoms with E-state index in [0.29, 0.717) is 16.7 Å². The van der Waals surface area contributed by atoms with E-state index in [1.165, 1.54) is 12.7 Å². The van der Waals surface area contributed by atoms with Crippen molar-refractivity contribution < 1.29 is 9.53 Å². The Hall–Kier alpha value is -2.58. The van der Waals surface area contributed by atoms with Crippen LogP contribution >= 0.6 is 23.1 Å². The third kappa shape index (κ3) is 3.45. The van der Waals surface area contributed by atoms with E-state index in [-0.39, 0.29) is 12.0 Å². The van der Waals surface area contributed by atoms with E-state index >= 15 is 0 Å². The van der Waals surface area contributed by atoms with Gasteiger partial charge in [-0.2, -0.15) is 4.98 Å². The number of aromatic nitrogens is 3. The van der Waals surface area contributed by atoms with Crippen LogP contribution in [0.2, 0.25) is 0 Å². The second-order valence-electron chi connectivity index (χ2n) is 6.46. The van der Waals surface area contributed by atoms with Crippen molar-refractivity contribution in [2.75, 3.05) is 12.4 Å². The highest BCUT2D eigenvalue weighted by Gasteiger charge is 2.36. The summed E-state index contributed by atoms with van der Waals surface area (Å²) >= 11 is 3.18. The largest absolute Gasteiger partial charge is 0.466 e. The number of thiophene rings is 1. The van der Waals surface area contributed by atoms with Gasteiger partial charge in [-0.25, -0.2) is 9.48 Å². The van der Waals surface area contributed by atoms with Gasteiger partial charge in [-0.15, -0.1) is 16.4 Å². The minimum atomic E-state index is -0.359. The number of esters is 1. The SMILES string of the molecule is COC(=O)C1=C(C)Nc2nc(SCc3ccccc3)nn2C1c1sccc1C. The highest BCUT2D eigenvalue weighted by molar-refractivity contribution is 7.98. The maximum Gasteiger partial charge on any atom is 0.338 e. The molecule has 0 saturated carbocycles. The molecule has 3 aromatic rings. The van der Waals surface area contributed by atoms with Crippen molar-refractivity contribution in [2.24, 2.45) is 0 Å². The topological polar surface area (TPSA) is 69.0 Å². The van der Waals surface area contributed by atoms with Crippen LogP contribution in [0.5, 0.6) is 0 Å². The molecule has 2 aromatic heterocycles. The molecule has 1 N–H and O–H groups in total. The first-order chi connectivity index (χ1) is 13.6. The lowest BCUT2D eigenvalue weighted by Gasteiger charge is -2.27. The van der Waals surface area contributed by atoms with Crippen LogP contribution in [0, 0.1) is 6.92 Å². The first kappa shape index (κ1) is 18.8. The molecule has 3 heterocycles. The van der Waals surface area contributed by atoms with E-state index in [2.05, 4.69) is 22.4 Å². The highest BCUT2D eigenvalue weighted by atomic mass is 32.2. The van der Waals surface area contributed by atoms with Crippen molar-refractivity contribution in [1.29, 1.82) is 0 Å². The second kappa shape index (κ2) is 7.81. The van der Waals surface area contributed by atoms with E-state index in [1.807, 2.05) is 43.5 Å². The zero-order chi connectivity index (χ0) is 19.7. The van der Waals surface area contributed by atoms with Gasteiger partial charge in [0.2, 0.25) is 11.1 Å². The molecule has 0 fully saturated rings. The summed E-state index contributed by atoms with van der Waals surface area (Å²) in [6, 6.07) is 11.9. The van der Waals surface area contributed by atoms with Crippen molar-refractivity contribution in [3.05, 3.63) is 69.1 Å². The number of hydrogen-bond acceptors (Lipinski definition) is 7. The molecule has 0 saturated heterocycles. The average Bonchev–Trinajstić information content (AvgIpc) is 3.31. The summed E-state index contributed by atoms with van der Waals surface area (Å²) in [6.45, 7) is 3.91. The van der Waals surface area contributed by atoms with Gasteiger partial charge in [0, 0.05) is 16.3 Å². The number of carbonyl (C=O) groups excluding carboxylic acids is 1. The zero-order valence-electron chi connectivity index (χ0n) is 15.8. The number of hydrogen-bond donors (Lipinski definition) is 1. The quantitative estimate of drug-likeness (QED) is 0.495. The number of nitrogens with zero attached hydrogens (tertiary/aromatic N) is 3. The van der Waals surface area contributed by atoms with Crippen LogP contribution in [-0.4, -0.2) is 27.8 Å². The molecule has 1 unspecified atom stereocenters. The van der Waals surface area contributed by atoms with Gasteiger partial charge >= 0.3 is 5.97 Å². The second-order valence-corrected chi connectivity index (χ2v) is 8.35. The predicted octanol–water partition coefficient (Wildman–Crippen LogP) is 4.40. The van der Waals surface area contributed by atoms with Crippen molar-refractivity contribution in [1.82, 2.24) is 14.8 Å². The normalized spacial score (nSPS) is 15.9. The van der Waals surface area contributed by atoms with E-state index in [9.17, 15) is 4.79 Å². The van der Waals surface area contributed by atoms with Crippen LogP contribution in [0.1, 0.15) is 29.0 Å². The van der Waals surface area contributed by atoms with E-state index in [4.69, 9.17) is 9.84 Å². The van der Waals surface area contributed by atoms with Crippen LogP contribution in [0.25, 0.3) is 0 Å². The van der Waals surface area contributed by atoms with Gasteiger partial charge in [0.1, 0.15) is 6.04 Å². The van der Waals surface area contributed by atoms with Gasteiger partial charge in [0.15, 0.2) is 0 Å². The van der Waals surface area contributed by atoms with Crippen molar-refractivity contribution in [3.8, 4) is 0 Å². The zero-order valence-corrected chi connectivity index (χ0v) is 17.4. The number of methoxy groups -OCH3 is 1. The number of nitrogens with one attached hydrogen (secondary N) is 1. The van der Waals surface area contributed by atoms with Crippen LogP contribution in [0.3, 0.4) is 0 Å². The summed E-state index contributed by atoms with van der Waals surface area (Å²) < 4.78 is 6.85. The van der Waals surface area contributed by atoms with Crippen LogP contribution in [0.15, 0.2) is 58.2 Å². The summed E-state index contributed by atoms with van der Waals surface area (Å²) in [5, 5.41) is 10.6. The molecule has 1 atom stereocenters. The lowest BCUT2D eigenvalue weighted by molar-refractivity contribution is -0.136. The van der Waals surface area contributed by atoms with Gasteiger partial charge in [-0.05, 0) is 36.4 Å². The van der Waals surface area contributed by atoms with E-state index in [1.54, 1.807) is 27.8 Å². The van der Waals surface area contributed by atoms with Gasteiger partial charge in [0.25, 0.3) is 0 Å². The number of fused-ring (bicyclic) bond motifs is 1. The minimum Gasteiger partial charge on any atom is -0.466 e. The molecule has 28 heavy (non-hydrogen) atoms. The lowest BCUT2D eigenvalue weighted by atomic mass is 10.00. The Morgan fingerprint density at radius 3 is 2.75 bits per heavy atom. The molecule has 1 aliphatic rings. The third-order valence-corrected chi connectivity index (χ3v) is 6.58. The minimum absolute atomic E-state index is 0.345. The number of rotatable bonds is 5. The molecule has 1 aromatic carbocycles. The fourth-order valence-electron chi connectivity index (χ4n) is 3.20. The van der Waals surface area contributed by atoms with Gasteiger partial charge in [-0.3, -0.25) is 0 Å². The summed E-state index contributed by atoms with van der Waals surface area (Å²) in [5.41, 5.74) is 3.63. The number of anilines is 1. The third-order valence-electron chi connectivity index (χ3n) is 4.60. The van der Waals surface area contributed by atoms with Crippen LogP contribution in [-0.2, 0) is 15.3 Å². The maximum absolute atomic E-state index is 12.5. The molecule has 0 amide bonds. The first-order valence-electron chi connectivity index (χ1n) is 8.82. The van der Waals surface area contributed by atoms with Gasteiger partial charge in [-0.1, -0.05) is 42.1 Å². The van der Waals surface area contributed by atoms with E-state index in [0.717, 1.165) is 21.9 Å². The summed E-state index contributed by atoms with van der Waals surface area (Å²) in [7, 11) is 1.40. The molecular formula is C20H20N4O2S2. The number of allylic oxidation sites excluding steroid dienone is 1. The Morgan fingerprint density at radius 2 is 2.07 bits per heavy atom. The molecular weight excluding hydrogens is 392 g/mol. The van der Waals surface area contributed by atoms with Crippen LogP contribution in [0.4, 0.5) is 5.95 Å². The van der Waals surface area contributed by atoms with Crippen molar-refractivity contribution in [2.45, 2.75) is 30.8 Å². The smallest absolute Gasteiger partial charge is 0.338 e. The molecule has 6 nitrogen and oxygen atoms in total. The summed E-state index contributed by atoms with van der Waals surface area (Å²) in [4.78, 5) is 18.2. The lowest BCUT2D eigenvalue weighted by Crippen LogP contribution is -2.29. The number of ether oxygens (including phenoxy) is 1. The summed E-state index contributed by atoms with van der Waals surface area (Å²) in [6.07, 6.45) is 0. The number of carbonyl (C=O) groups is 1. The highest BCUT2D eigenvalue weighted by Crippen LogP contribution is 2.40. The molecule has 0 spiro atoms. The Morgan fingerprint density at radius 1 is 1.29 bits per heavy atom. The molecule has 144 valence electrons. The predicted molar refractivity (Wildman–Crippen MR) is 112 cm³/mol. The standard InChI is InChI=1S/C20H20N4O2S2/c1-12-9-10-27-17(12)16-15(18(25)26-3)13(2)21-19-22-20(23-24(16)19)28-11-14-7-5-4-6-8-14/h4-10,16H,11H2,1-3H3,(H,21,22,23). The number of benzene rings is 1. The van der Waals surface area contributed by atoms with Crippen LogP contribution < -0.4 is 5.32 Å². The molecule has 4 rings (SSSR count). The van der Waals surface area contributed by atoms with Gasteiger partial charge < -0.3 is 10.1 Å². The maximum atomic E-state index is 12.5. The Bertz CT molecular complexity index is 1040. The number of thioether (sulfide) groups is 1. The molecule has 0 aliphatic carbocycles. The molecule has 1 aliphatic heterocycles.